The fourth-order valence-corrected chi connectivity index (χ4v) is 2.53. The molecule has 1 aliphatic heterocycles. The number of imidazole rings is 1. The van der Waals surface area contributed by atoms with Gasteiger partial charge in [0, 0.05) is 17.8 Å². The van der Waals surface area contributed by atoms with Crippen molar-refractivity contribution < 1.29 is 4.79 Å². The molecule has 0 bridgehead atoms. The number of carbonyl (C=O) groups excluding carboxylic acids is 1. The van der Waals surface area contributed by atoms with Crippen LogP contribution in [0, 0.1) is 0 Å². The zero-order chi connectivity index (χ0) is 14.9. The Morgan fingerprint density at radius 1 is 1.05 bits per heavy atom. The Kier molecular flexibility index (Phi) is 2.96. The monoisotopic (exact) mass is 294 g/mol. The number of aromatic nitrogens is 5. The maximum absolute atomic E-state index is 11.9. The van der Waals surface area contributed by atoms with E-state index in [1.807, 2.05) is 30.3 Å². The van der Waals surface area contributed by atoms with Crippen LogP contribution in [-0.2, 0) is 6.42 Å². The number of hydrogen-bond donors (Lipinski definition) is 3. The number of aryl methyl sites for hydroxylation is 1. The predicted molar refractivity (Wildman–Crippen MR) is 80.1 cm³/mol. The number of nitrogens with zero attached hydrogens (tertiary/aromatic N) is 3. The van der Waals surface area contributed by atoms with Gasteiger partial charge in [0.05, 0.1) is 0 Å². The van der Waals surface area contributed by atoms with Gasteiger partial charge in [-0.25, -0.2) is 9.97 Å². The molecule has 1 amide bonds. The van der Waals surface area contributed by atoms with E-state index in [-0.39, 0.29) is 5.91 Å². The second-order valence-electron chi connectivity index (χ2n) is 5.15. The zero-order valence-electron chi connectivity index (χ0n) is 11.8. The first-order valence-electron chi connectivity index (χ1n) is 7.16. The van der Waals surface area contributed by atoms with Gasteiger partial charge in [0.25, 0.3) is 5.91 Å². The molecule has 7 heteroatoms. The van der Waals surface area contributed by atoms with Crippen LogP contribution in [0.25, 0.3) is 23.0 Å². The zero-order valence-corrected chi connectivity index (χ0v) is 11.8. The molecule has 0 saturated heterocycles. The molecule has 0 radical (unpaired) electrons. The fourth-order valence-electron chi connectivity index (χ4n) is 2.53. The van der Waals surface area contributed by atoms with Crippen LogP contribution in [0.1, 0.15) is 22.6 Å². The molecule has 2 aromatic heterocycles. The van der Waals surface area contributed by atoms with Gasteiger partial charge >= 0.3 is 0 Å². The van der Waals surface area contributed by atoms with E-state index in [0.717, 1.165) is 24.1 Å². The molecule has 0 saturated carbocycles. The summed E-state index contributed by atoms with van der Waals surface area (Å²) in [5.41, 5.74) is 2.23. The van der Waals surface area contributed by atoms with Crippen LogP contribution >= 0.6 is 0 Å². The molecule has 0 atom stereocenters. The standard InChI is InChI=1S/C15H14N6O/c22-15-11-10(7-4-8-16-15)17-13(18-11)14-19-12(20-21-14)9-5-2-1-3-6-9/h1-3,5-6H,4,7-8H2,(H,16,22)(H,17,18)(H,19,20,21). The Morgan fingerprint density at radius 2 is 1.91 bits per heavy atom. The van der Waals surface area contributed by atoms with Gasteiger partial charge in [-0.15, -0.1) is 0 Å². The topological polar surface area (TPSA) is 99.4 Å². The highest BCUT2D eigenvalue weighted by Crippen LogP contribution is 2.20. The van der Waals surface area contributed by atoms with Gasteiger partial charge in [0.2, 0.25) is 0 Å². The van der Waals surface area contributed by atoms with Gasteiger partial charge in [-0.2, -0.15) is 5.10 Å². The number of H-pyrrole nitrogens is 2. The fraction of sp³-hybridized carbons (Fsp3) is 0.200. The number of carbonyl (C=O) groups is 1. The first-order valence-corrected chi connectivity index (χ1v) is 7.16. The summed E-state index contributed by atoms with van der Waals surface area (Å²) in [7, 11) is 0. The summed E-state index contributed by atoms with van der Waals surface area (Å²) >= 11 is 0. The molecular formula is C15H14N6O. The minimum atomic E-state index is -0.141. The van der Waals surface area contributed by atoms with Crippen molar-refractivity contribution in [1.29, 1.82) is 0 Å². The van der Waals surface area contributed by atoms with E-state index >= 15 is 0 Å². The van der Waals surface area contributed by atoms with Crippen LogP contribution in [0.2, 0.25) is 0 Å². The molecule has 22 heavy (non-hydrogen) atoms. The van der Waals surface area contributed by atoms with Crippen LogP contribution in [0.15, 0.2) is 30.3 Å². The first kappa shape index (κ1) is 12.8. The normalized spacial score (nSPS) is 14.3. The highest BCUT2D eigenvalue weighted by atomic mass is 16.1. The lowest BCUT2D eigenvalue weighted by atomic mass is 10.2. The van der Waals surface area contributed by atoms with Gasteiger partial charge in [-0.1, -0.05) is 30.3 Å². The van der Waals surface area contributed by atoms with Crippen LogP contribution in [0.5, 0.6) is 0 Å². The summed E-state index contributed by atoms with van der Waals surface area (Å²) in [5.74, 6) is 1.53. The van der Waals surface area contributed by atoms with Crippen molar-refractivity contribution in [3.05, 3.63) is 41.7 Å². The largest absolute Gasteiger partial charge is 0.351 e. The number of amides is 1. The molecule has 7 nitrogen and oxygen atoms in total. The molecule has 110 valence electrons. The lowest BCUT2D eigenvalue weighted by Gasteiger charge is -1.95. The summed E-state index contributed by atoms with van der Waals surface area (Å²) in [6.45, 7) is 0.679. The van der Waals surface area contributed by atoms with Crippen LogP contribution in [0.4, 0.5) is 0 Å². The molecule has 0 spiro atoms. The average molecular weight is 294 g/mol. The van der Waals surface area contributed by atoms with Crippen molar-refractivity contribution in [2.45, 2.75) is 12.8 Å². The molecular weight excluding hydrogens is 280 g/mol. The smallest absolute Gasteiger partial charge is 0.271 e. The lowest BCUT2D eigenvalue weighted by molar-refractivity contribution is 0.0951. The SMILES string of the molecule is O=C1NCCCc2[nH]c(-c3nc(-c4ccccc4)n[nH]3)nc21. The molecule has 3 N–H and O–H groups in total. The quantitative estimate of drug-likeness (QED) is 0.667. The van der Waals surface area contributed by atoms with Crippen molar-refractivity contribution >= 4 is 5.91 Å². The Balaban J connectivity index is 1.70. The predicted octanol–water partition coefficient (Wildman–Crippen LogP) is 1.54. The molecule has 1 aliphatic rings. The number of nitrogens with one attached hydrogen (secondary N) is 3. The molecule has 3 heterocycles. The van der Waals surface area contributed by atoms with E-state index in [1.54, 1.807) is 0 Å². The highest BCUT2D eigenvalue weighted by Gasteiger charge is 2.21. The average Bonchev–Trinajstić information content (AvgIpc) is 3.16. The summed E-state index contributed by atoms with van der Waals surface area (Å²) < 4.78 is 0. The Morgan fingerprint density at radius 3 is 2.77 bits per heavy atom. The Labute approximate surface area is 126 Å². The Bertz CT molecular complexity index is 820. The van der Waals surface area contributed by atoms with Crippen molar-refractivity contribution in [3.63, 3.8) is 0 Å². The number of aromatic amines is 2. The number of fused-ring (bicyclic) bond motifs is 1. The second-order valence-corrected chi connectivity index (χ2v) is 5.15. The van der Waals surface area contributed by atoms with Crippen molar-refractivity contribution in [3.8, 4) is 23.0 Å². The molecule has 1 aromatic carbocycles. The first-order chi connectivity index (χ1) is 10.8. The summed E-state index contributed by atoms with van der Waals surface area (Å²) in [5, 5.41) is 9.91. The third kappa shape index (κ3) is 2.16. The van der Waals surface area contributed by atoms with Crippen molar-refractivity contribution in [2.24, 2.45) is 0 Å². The number of hydrogen-bond acceptors (Lipinski definition) is 4. The minimum absolute atomic E-state index is 0.141. The molecule has 0 fully saturated rings. The molecule has 0 aliphatic carbocycles. The third-order valence-electron chi connectivity index (χ3n) is 3.62. The third-order valence-corrected chi connectivity index (χ3v) is 3.62. The van der Waals surface area contributed by atoms with E-state index < -0.39 is 0 Å². The summed E-state index contributed by atoms with van der Waals surface area (Å²) in [6, 6.07) is 9.70. The summed E-state index contributed by atoms with van der Waals surface area (Å²) in [6.07, 6.45) is 1.69. The second kappa shape index (κ2) is 5.10. The summed E-state index contributed by atoms with van der Waals surface area (Å²) in [4.78, 5) is 23.9. The lowest BCUT2D eigenvalue weighted by Crippen LogP contribution is -2.23. The molecule has 4 rings (SSSR count). The maximum Gasteiger partial charge on any atom is 0.271 e. The van der Waals surface area contributed by atoms with Crippen LogP contribution in [-0.4, -0.2) is 37.6 Å². The number of rotatable bonds is 2. The van der Waals surface area contributed by atoms with E-state index in [2.05, 4.69) is 30.5 Å². The van der Waals surface area contributed by atoms with Crippen molar-refractivity contribution in [2.75, 3.05) is 6.54 Å². The van der Waals surface area contributed by atoms with E-state index in [9.17, 15) is 4.79 Å². The van der Waals surface area contributed by atoms with Crippen LogP contribution in [0.3, 0.4) is 0 Å². The van der Waals surface area contributed by atoms with Gasteiger partial charge in [-0.05, 0) is 12.8 Å². The van der Waals surface area contributed by atoms with Gasteiger partial charge in [0.15, 0.2) is 17.5 Å². The molecule has 0 unspecified atom stereocenters. The molecule has 3 aromatic rings. The van der Waals surface area contributed by atoms with E-state index in [0.29, 0.717) is 29.7 Å². The highest BCUT2D eigenvalue weighted by molar-refractivity contribution is 5.94. The van der Waals surface area contributed by atoms with E-state index in [1.165, 1.54) is 0 Å². The Hall–Kier alpha value is -2.96. The van der Waals surface area contributed by atoms with Crippen molar-refractivity contribution in [1.82, 2.24) is 30.5 Å². The van der Waals surface area contributed by atoms with Gasteiger partial charge < -0.3 is 10.3 Å². The van der Waals surface area contributed by atoms with Gasteiger partial charge in [0.1, 0.15) is 5.69 Å². The van der Waals surface area contributed by atoms with Crippen LogP contribution < -0.4 is 5.32 Å². The minimum Gasteiger partial charge on any atom is -0.351 e. The maximum atomic E-state index is 11.9. The number of benzene rings is 1. The van der Waals surface area contributed by atoms with Gasteiger partial charge in [-0.3, -0.25) is 9.89 Å². The van der Waals surface area contributed by atoms with E-state index in [4.69, 9.17) is 0 Å².